The van der Waals surface area contributed by atoms with E-state index in [0.717, 1.165) is 35.2 Å². The van der Waals surface area contributed by atoms with Crippen LogP contribution in [0.25, 0.3) is 21.7 Å². The van der Waals surface area contributed by atoms with Crippen LogP contribution in [0.4, 0.5) is 13.2 Å². The second kappa shape index (κ2) is 8.01. The molecule has 164 valence electrons. The Bertz CT molecular complexity index is 1270. The van der Waals surface area contributed by atoms with E-state index >= 15 is 0 Å². The molecule has 0 radical (unpaired) electrons. The molecule has 10 heteroatoms. The summed E-state index contributed by atoms with van der Waals surface area (Å²) >= 11 is 1.49. The Balaban J connectivity index is 1.31. The molecule has 32 heavy (non-hydrogen) atoms. The summed E-state index contributed by atoms with van der Waals surface area (Å²) in [5.41, 5.74) is 2.90. The smallest absolute Gasteiger partial charge is 0.416 e. The minimum Gasteiger partial charge on any atom is -0.420 e. The third-order valence-corrected chi connectivity index (χ3v) is 6.33. The fourth-order valence-electron chi connectivity index (χ4n) is 3.85. The van der Waals surface area contributed by atoms with Crippen LogP contribution in [0, 0.1) is 0 Å². The molecular formula is C22H17F3N4O2S. The third kappa shape index (κ3) is 3.97. The highest BCUT2D eigenvalue weighted by molar-refractivity contribution is 7.16. The zero-order chi connectivity index (χ0) is 22.3. The standard InChI is InChI=1S/C22H17F3N4O2S/c23-22(24,25)16-6-3-13(4-7-16)19-27-28-20(31-19)15-2-1-9-29(11-15)21(30)14-5-8-17-18(10-14)32-12-26-17/h3-8,10,12,15H,1-2,9,11H2. The number of fused-ring (bicyclic) bond motifs is 1. The number of rotatable bonds is 3. The van der Waals surface area contributed by atoms with Gasteiger partial charge >= 0.3 is 6.18 Å². The van der Waals surface area contributed by atoms with Crippen LogP contribution in [-0.2, 0) is 6.18 Å². The average Bonchev–Trinajstić information content (AvgIpc) is 3.47. The van der Waals surface area contributed by atoms with Gasteiger partial charge in [-0.15, -0.1) is 21.5 Å². The van der Waals surface area contributed by atoms with E-state index in [1.807, 2.05) is 12.1 Å². The molecule has 1 atom stereocenters. The summed E-state index contributed by atoms with van der Waals surface area (Å²) < 4.78 is 45.0. The van der Waals surface area contributed by atoms with E-state index in [1.54, 1.807) is 16.5 Å². The SMILES string of the molecule is O=C(c1ccc2ncsc2c1)N1CCCC(c2nnc(-c3ccc(C(F)(F)F)cc3)o2)C1. The predicted octanol–water partition coefficient (Wildman–Crippen LogP) is 5.38. The molecule has 1 aliphatic rings. The van der Waals surface area contributed by atoms with Gasteiger partial charge in [0.25, 0.3) is 5.91 Å². The summed E-state index contributed by atoms with van der Waals surface area (Å²) in [5, 5.41) is 8.11. The minimum absolute atomic E-state index is 0.0625. The highest BCUT2D eigenvalue weighted by atomic mass is 32.1. The topological polar surface area (TPSA) is 72.1 Å². The zero-order valence-corrected chi connectivity index (χ0v) is 17.5. The number of carbonyl (C=O) groups is 1. The Morgan fingerprint density at radius 1 is 1.12 bits per heavy atom. The first-order valence-corrected chi connectivity index (χ1v) is 10.9. The number of halogens is 3. The summed E-state index contributed by atoms with van der Waals surface area (Å²) in [6.45, 7) is 1.07. The molecule has 2 aromatic heterocycles. The van der Waals surface area contributed by atoms with E-state index in [9.17, 15) is 18.0 Å². The van der Waals surface area contributed by atoms with Gasteiger partial charge in [0.05, 0.1) is 27.2 Å². The van der Waals surface area contributed by atoms with Crippen molar-refractivity contribution < 1.29 is 22.4 Å². The molecule has 6 nitrogen and oxygen atoms in total. The minimum atomic E-state index is -4.40. The van der Waals surface area contributed by atoms with Crippen LogP contribution in [0.5, 0.6) is 0 Å². The Labute approximate surface area is 184 Å². The van der Waals surface area contributed by atoms with Crippen molar-refractivity contribution >= 4 is 27.5 Å². The molecule has 1 saturated heterocycles. The molecule has 1 amide bonds. The van der Waals surface area contributed by atoms with Crippen molar-refractivity contribution in [2.75, 3.05) is 13.1 Å². The van der Waals surface area contributed by atoms with Gasteiger partial charge in [0.2, 0.25) is 11.8 Å². The Kier molecular flexibility index (Phi) is 5.16. The molecule has 0 bridgehead atoms. The largest absolute Gasteiger partial charge is 0.420 e. The number of hydrogen-bond acceptors (Lipinski definition) is 6. The average molecular weight is 458 g/mol. The number of nitrogens with zero attached hydrogens (tertiary/aromatic N) is 4. The Morgan fingerprint density at radius 2 is 1.94 bits per heavy atom. The maximum absolute atomic E-state index is 13.0. The maximum Gasteiger partial charge on any atom is 0.416 e. The maximum atomic E-state index is 13.0. The summed E-state index contributed by atoms with van der Waals surface area (Å²) in [7, 11) is 0. The van der Waals surface area contributed by atoms with Gasteiger partial charge in [-0.1, -0.05) is 0 Å². The first kappa shape index (κ1) is 20.6. The monoisotopic (exact) mass is 458 g/mol. The molecule has 1 unspecified atom stereocenters. The van der Waals surface area contributed by atoms with Gasteiger partial charge in [0, 0.05) is 24.2 Å². The first-order valence-electron chi connectivity index (χ1n) is 10.0. The lowest BCUT2D eigenvalue weighted by molar-refractivity contribution is -0.137. The lowest BCUT2D eigenvalue weighted by atomic mass is 9.97. The van der Waals surface area contributed by atoms with Gasteiger partial charge in [0.15, 0.2) is 0 Å². The van der Waals surface area contributed by atoms with E-state index < -0.39 is 11.7 Å². The van der Waals surface area contributed by atoms with Crippen LogP contribution in [0.3, 0.4) is 0 Å². The van der Waals surface area contributed by atoms with Crippen molar-refractivity contribution in [3.8, 4) is 11.5 Å². The van der Waals surface area contributed by atoms with Gasteiger partial charge in [-0.2, -0.15) is 13.2 Å². The highest BCUT2D eigenvalue weighted by Gasteiger charge is 2.31. The summed E-state index contributed by atoms with van der Waals surface area (Å²) in [6, 6.07) is 10.1. The molecule has 3 heterocycles. The fraction of sp³-hybridized carbons (Fsp3) is 0.273. The molecule has 2 aromatic carbocycles. The third-order valence-electron chi connectivity index (χ3n) is 5.54. The van der Waals surface area contributed by atoms with Crippen molar-refractivity contribution in [2.24, 2.45) is 0 Å². The van der Waals surface area contributed by atoms with E-state index in [0.29, 0.717) is 30.1 Å². The van der Waals surface area contributed by atoms with Crippen LogP contribution in [0.1, 0.15) is 40.6 Å². The molecule has 1 fully saturated rings. The van der Waals surface area contributed by atoms with Crippen molar-refractivity contribution in [3.05, 3.63) is 65.0 Å². The Hall–Kier alpha value is -3.27. The number of amides is 1. The van der Waals surface area contributed by atoms with Crippen molar-refractivity contribution in [2.45, 2.75) is 24.9 Å². The molecule has 5 rings (SSSR count). The second-order valence-electron chi connectivity index (χ2n) is 7.65. The predicted molar refractivity (Wildman–Crippen MR) is 112 cm³/mol. The van der Waals surface area contributed by atoms with Crippen LogP contribution >= 0.6 is 11.3 Å². The number of likely N-dealkylation sites (tertiary alicyclic amines) is 1. The number of aromatic nitrogens is 3. The number of alkyl halides is 3. The van der Waals surface area contributed by atoms with E-state index in [4.69, 9.17) is 4.42 Å². The van der Waals surface area contributed by atoms with Crippen LogP contribution in [-0.4, -0.2) is 39.1 Å². The molecule has 1 aliphatic heterocycles. The molecule has 0 aliphatic carbocycles. The van der Waals surface area contributed by atoms with Crippen LogP contribution in [0.15, 0.2) is 52.4 Å². The molecule has 4 aromatic rings. The first-order chi connectivity index (χ1) is 15.4. The van der Waals surface area contributed by atoms with Gasteiger partial charge in [0.1, 0.15) is 0 Å². The lowest BCUT2D eigenvalue weighted by Gasteiger charge is -2.31. The number of carbonyl (C=O) groups excluding carboxylic acids is 1. The molecule has 0 N–H and O–H groups in total. The molecule has 0 saturated carbocycles. The molecular weight excluding hydrogens is 441 g/mol. The number of benzene rings is 2. The Morgan fingerprint density at radius 3 is 2.72 bits per heavy atom. The summed E-state index contributed by atoms with van der Waals surface area (Å²) in [5.74, 6) is 0.353. The van der Waals surface area contributed by atoms with Crippen molar-refractivity contribution in [1.82, 2.24) is 20.1 Å². The number of thiazole rings is 1. The zero-order valence-electron chi connectivity index (χ0n) is 16.7. The number of hydrogen-bond donors (Lipinski definition) is 0. The van der Waals surface area contributed by atoms with Gasteiger partial charge in [-0.05, 0) is 55.3 Å². The normalized spacial score (nSPS) is 17.1. The fourth-order valence-corrected chi connectivity index (χ4v) is 4.57. The highest BCUT2D eigenvalue weighted by Crippen LogP contribution is 2.32. The van der Waals surface area contributed by atoms with Crippen LogP contribution < -0.4 is 0 Å². The van der Waals surface area contributed by atoms with Gasteiger partial charge < -0.3 is 9.32 Å². The number of piperidine rings is 1. The van der Waals surface area contributed by atoms with Crippen molar-refractivity contribution in [3.63, 3.8) is 0 Å². The van der Waals surface area contributed by atoms with Gasteiger partial charge in [-0.25, -0.2) is 4.98 Å². The summed E-state index contributed by atoms with van der Waals surface area (Å²) in [4.78, 5) is 19.0. The van der Waals surface area contributed by atoms with Crippen LogP contribution in [0.2, 0.25) is 0 Å². The van der Waals surface area contributed by atoms with Crippen molar-refractivity contribution in [1.29, 1.82) is 0 Å². The van der Waals surface area contributed by atoms with E-state index in [-0.39, 0.29) is 17.7 Å². The molecule has 0 spiro atoms. The summed E-state index contributed by atoms with van der Waals surface area (Å²) in [6.07, 6.45) is -2.83. The van der Waals surface area contributed by atoms with E-state index in [2.05, 4.69) is 15.2 Å². The van der Waals surface area contributed by atoms with Gasteiger partial charge in [-0.3, -0.25) is 4.79 Å². The second-order valence-corrected chi connectivity index (χ2v) is 8.53. The van der Waals surface area contributed by atoms with E-state index in [1.165, 1.54) is 23.5 Å². The quantitative estimate of drug-likeness (QED) is 0.412. The lowest BCUT2D eigenvalue weighted by Crippen LogP contribution is -2.39.